The Morgan fingerprint density at radius 3 is 2.18 bits per heavy atom. The number of aliphatic hydroxyl groups excluding tert-OH is 1. The molecule has 0 aliphatic rings. The second-order valence-electron chi connectivity index (χ2n) is 9.21. The Kier molecular flexibility index (Phi) is 11.8. The van der Waals surface area contributed by atoms with Crippen molar-refractivity contribution in [1.29, 1.82) is 0 Å². The molecule has 0 bridgehead atoms. The lowest BCUT2D eigenvalue weighted by atomic mass is 9.96. The predicted molar refractivity (Wildman–Crippen MR) is 139 cm³/mol. The number of amides is 2. The minimum absolute atomic E-state index is 0.0399. The van der Waals surface area contributed by atoms with Crippen molar-refractivity contribution < 1.29 is 14.7 Å². The smallest absolute Gasteiger partial charge is 0.253 e. The van der Waals surface area contributed by atoms with Gasteiger partial charge in [-0.3, -0.25) is 9.59 Å². The molecule has 0 radical (unpaired) electrons. The summed E-state index contributed by atoms with van der Waals surface area (Å²) in [5, 5.41) is 14.0. The zero-order valence-electron chi connectivity index (χ0n) is 21.3. The first-order valence-electron chi connectivity index (χ1n) is 12.8. The van der Waals surface area contributed by atoms with Crippen molar-refractivity contribution >= 4 is 11.8 Å². The highest BCUT2D eigenvalue weighted by atomic mass is 16.3. The highest BCUT2D eigenvalue weighted by Crippen LogP contribution is 2.16. The largest absolute Gasteiger partial charge is 0.391 e. The Labute approximate surface area is 205 Å². The average molecular weight is 467 g/mol. The van der Waals surface area contributed by atoms with E-state index < -0.39 is 12.1 Å². The Morgan fingerprint density at radius 2 is 1.56 bits per heavy atom. The molecule has 0 unspecified atom stereocenters. The Morgan fingerprint density at radius 1 is 0.912 bits per heavy atom. The van der Waals surface area contributed by atoms with E-state index in [1.807, 2.05) is 48.2 Å². The number of unbranched alkanes of at least 4 members (excludes halogenated alkanes) is 2. The molecule has 0 aliphatic carbocycles. The van der Waals surface area contributed by atoms with Crippen LogP contribution in [0.4, 0.5) is 0 Å². The van der Waals surface area contributed by atoms with Gasteiger partial charge in [0.25, 0.3) is 11.8 Å². The third-order valence-corrected chi connectivity index (χ3v) is 6.04. The van der Waals surface area contributed by atoms with Crippen LogP contribution in [0.1, 0.15) is 91.1 Å². The van der Waals surface area contributed by atoms with Crippen LogP contribution in [0, 0.1) is 6.92 Å². The quantitative estimate of drug-likeness (QED) is 0.359. The van der Waals surface area contributed by atoms with Crippen molar-refractivity contribution in [3.63, 3.8) is 0 Å². The molecule has 0 spiro atoms. The molecular weight excluding hydrogens is 424 g/mol. The van der Waals surface area contributed by atoms with E-state index in [-0.39, 0.29) is 11.8 Å². The molecule has 5 heteroatoms. The summed E-state index contributed by atoms with van der Waals surface area (Å²) in [6.07, 6.45) is 5.40. The molecule has 2 aromatic rings. The standard InChI is InChI=1S/C29H42N2O3/c1-5-8-10-15-27(32)26(20-23-13-11-9-12-14-23)30-28(33)24-18-22(4)19-25(21-24)29(34)31(16-6-2)17-7-3/h9,11-14,18-19,21,26-27,32H,5-8,10,15-17,20H2,1-4H3,(H,30,33)/t26-,27-/m0/s1. The normalized spacial score (nSPS) is 12.7. The molecule has 0 heterocycles. The van der Waals surface area contributed by atoms with Gasteiger partial charge >= 0.3 is 0 Å². The van der Waals surface area contributed by atoms with Gasteiger partial charge < -0.3 is 15.3 Å². The lowest BCUT2D eigenvalue weighted by Crippen LogP contribution is -2.45. The van der Waals surface area contributed by atoms with Crippen LogP contribution in [0.25, 0.3) is 0 Å². The topological polar surface area (TPSA) is 69.6 Å². The van der Waals surface area contributed by atoms with E-state index >= 15 is 0 Å². The van der Waals surface area contributed by atoms with E-state index in [4.69, 9.17) is 0 Å². The van der Waals surface area contributed by atoms with Gasteiger partial charge in [0.05, 0.1) is 12.1 Å². The van der Waals surface area contributed by atoms with Crippen LogP contribution >= 0.6 is 0 Å². The van der Waals surface area contributed by atoms with Gasteiger partial charge in [-0.25, -0.2) is 0 Å². The highest BCUT2D eigenvalue weighted by Gasteiger charge is 2.23. The molecule has 0 aliphatic heterocycles. The lowest BCUT2D eigenvalue weighted by molar-refractivity contribution is 0.0755. The van der Waals surface area contributed by atoms with Crippen LogP contribution in [0.2, 0.25) is 0 Å². The number of hydrogen-bond acceptors (Lipinski definition) is 3. The minimum atomic E-state index is -0.633. The van der Waals surface area contributed by atoms with Crippen LogP contribution in [0.5, 0.6) is 0 Å². The summed E-state index contributed by atoms with van der Waals surface area (Å²) in [5.74, 6) is -0.298. The van der Waals surface area contributed by atoms with Crippen LogP contribution in [0.3, 0.4) is 0 Å². The molecule has 5 nitrogen and oxygen atoms in total. The molecule has 2 atom stereocenters. The Hall–Kier alpha value is -2.66. The summed E-state index contributed by atoms with van der Waals surface area (Å²) in [6, 6.07) is 14.9. The Balaban J connectivity index is 2.23. The predicted octanol–water partition coefficient (Wildman–Crippen LogP) is 5.54. The fourth-order valence-corrected chi connectivity index (χ4v) is 4.28. The molecule has 2 rings (SSSR count). The molecule has 34 heavy (non-hydrogen) atoms. The van der Waals surface area contributed by atoms with Crippen molar-refractivity contribution in [2.45, 2.75) is 84.8 Å². The number of nitrogens with zero attached hydrogens (tertiary/aromatic N) is 1. The maximum atomic E-state index is 13.3. The van der Waals surface area contributed by atoms with Gasteiger partial charge in [-0.1, -0.05) is 70.4 Å². The average Bonchev–Trinajstić information content (AvgIpc) is 2.83. The summed E-state index contributed by atoms with van der Waals surface area (Å²) in [5.41, 5.74) is 2.93. The second-order valence-corrected chi connectivity index (χ2v) is 9.21. The van der Waals surface area contributed by atoms with Gasteiger partial charge in [0.1, 0.15) is 0 Å². The van der Waals surface area contributed by atoms with Crippen LogP contribution < -0.4 is 5.32 Å². The number of nitrogens with one attached hydrogen (secondary N) is 1. The first kappa shape index (κ1) is 27.6. The number of aryl methyl sites for hydroxylation is 1. The Bertz CT molecular complexity index is 892. The first-order valence-corrected chi connectivity index (χ1v) is 12.8. The van der Waals surface area contributed by atoms with Gasteiger partial charge in [0.15, 0.2) is 0 Å². The number of carbonyl (C=O) groups is 2. The van der Waals surface area contributed by atoms with Crippen LogP contribution in [-0.4, -0.2) is 47.1 Å². The summed E-state index contributed by atoms with van der Waals surface area (Å²) in [6.45, 7) is 9.55. The van der Waals surface area contributed by atoms with Gasteiger partial charge in [0, 0.05) is 24.2 Å². The summed E-state index contributed by atoms with van der Waals surface area (Å²) in [7, 11) is 0. The third-order valence-electron chi connectivity index (χ3n) is 6.04. The molecule has 0 saturated carbocycles. The highest BCUT2D eigenvalue weighted by molar-refractivity contribution is 6.00. The van der Waals surface area contributed by atoms with E-state index in [0.29, 0.717) is 37.1 Å². The number of hydrogen-bond donors (Lipinski definition) is 2. The first-order chi connectivity index (χ1) is 16.4. The van der Waals surface area contributed by atoms with Crippen molar-refractivity contribution in [2.24, 2.45) is 0 Å². The van der Waals surface area contributed by atoms with E-state index in [9.17, 15) is 14.7 Å². The molecule has 2 aromatic carbocycles. The van der Waals surface area contributed by atoms with E-state index in [1.165, 1.54) is 0 Å². The molecule has 2 N–H and O–H groups in total. The molecule has 0 fully saturated rings. The molecule has 186 valence electrons. The number of benzene rings is 2. The van der Waals surface area contributed by atoms with E-state index in [0.717, 1.165) is 43.2 Å². The lowest BCUT2D eigenvalue weighted by Gasteiger charge is -2.25. The molecule has 0 aromatic heterocycles. The molecule has 0 saturated heterocycles. The van der Waals surface area contributed by atoms with Gasteiger partial charge in [-0.2, -0.15) is 0 Å². The third kappa shape index (κ3) is 8.60. The van der Waals surface area contributed by atoms with Crippen molar-refractivity contribution in [1.82, 2.24) is 10.2 Å². The second kappa shape index (κ2) is 14.6. The zero-order valence-corrected chi connectivity index (χ0v) is 21.3. The molecule has 2 amide bonds. The number of aliphatic hydroxyl groups is 1. The maximum Gasteiger partial charge on any atom is 0.253 e. The molecular formula is C29H42N2O3. The van der Waals surface area contributed by atoms with Gasteiger partial charge in [-0.15, -0.1) is 0 Å². The number of carbonyl (C=O) groups excluding carboxylic acids is 2. The van der Waals surface area contributed by atoms with Crippen LogP contribution in [-0.2, 0) is 6.42 Å². The van der Waals surface area contributed by atoms with E-state index in [1.54, 1.807) is 12.1 Å². The van der Waals surface area contributed by atoms with Crippen molar-refractivity contribution in [3.8, 4) is 0 Å². The van der Waals surface area contributed by atoms with E-state index in [2.05, 4.69) is 26.1 Å². The van der Waals surface area contributed by atoms with Crippen molar-refractivity contribution in [2.75, 3.05) is 13.1 Å². The minimum Gasteiger partial charge on any atom is -0.391 e. The summed E-state index contributed by atoms with van der Waals surface area (Å²) in [4.78, 5) is 28.3. The van der Waals surface area contributed by atoms with Crippen LogP contribution in [0.15, 0.2) is 48.5 Å². The zero-order chi connectivity index (χ0) is 24.9. The van der Waals surface area contributed by atoms with Gasteiger partial charge in [-0.05, 0) is 61.9 Å². The SMILES string of the molecule is CCCCC[C@H](O)[C@H](Cc1ccccc1)NC(=O)c1cc(C)cc(C(=O)N(CCC)CCC)c1. The van der Waals surface area contributed by atoms with Gasteiger partial charge in [0.2, 0.25) is 0 Å². The summed E-state index contributed by atoms with van der Waals surface area (Å²) < 4.78 is 0. The fraction of sp³-hybridized carbons (Fsp3) is 0.517. The fourth-order valence-electron chi connectivity index (χ4n) is 4.28. The van der Waals surface area contributed by atoms with Crippen molar-refractivity contribution in [3.05, 3.63) is 70.8 Å². The monoisotopic (exact) mass is 466 g/mol. The number of rotatable bonds is 14. The maximum absolute atomic E-state index is 13.3. The summed E-state index contributed by atoms with van der Waals surface area (Å²) >= 11 is 0.